The molecule has 0 aromatic carbocycles. The third-order valence-electron chi connectivity index (χ3n) is 5.20. The van der Waals surface area contributed by atoms with E-state index in [1.165, 1.54) is 24.9 Å². The van der Waals surface area contributed by atoms with Crippen molar-refractivity contribution in [3.05, 3.63) is 24.4 Å². The molecule has 0 N–H and O–H groups in total. The summed E-state index contributed by atoms with van der Waals surface area (Å²) in [5.41, 5.74) is 1.27. The molecule has 2 fully saturated rings. The molecule has 2 heterocycles. The van der Waals surface area contributed by atoms with Gasteiger partial charge in [0.25, 0.3) is 0 Å². The topological polar surface area (TPSA) is 63.5 Å². The maximum absolute atomic E-state index is 13.0. The van der Waals surface area contributed by atoms with Crippen LogP contribution in [0.15, 0.2) is 24.4 Å². The molecule has 1 saturated heterocycles. The fourth-order valence-corrected chi connectivity index (χ4v) is 3.81. The first-order chi connectivity index (χ1) is 12.3. The Bertz CT molecular complexity index is 611. The lowest BCUT2D eigenvalue weighted by atomic mass is 10.0. The second-order valence-corrected chi connectivity index (χ2v) is 7.28. The van der Waals surface area contributed by atoms with Gasteiger partial charge in [-0.3, -0.25) is 14.4 Å². The van der Waals surface area contributed by atoms with Crippen LogP contribution in [0.5, 0.6) is 0 Å². The van der Waals surface area contributed by atoms with Crippen molar-refractivity contribution in [3.8, 4) is 0 Å². The van der Waals surface area contributed by atoms with Gasteiger partial charge in [-0.1, -0.05) is 6.08 Å². The van der Waals surface area contributed by atoms with Crippen LogP contribution in [0.25, 0.3) is 0 Å². The number of rotatable bonds is 6. The van der Waals surface area contributed by atoms with Gasteiger partial charge in [0.1, 0.15) is 12.7 Å². The molecule has 3 aliphatic rings. The average molecular weight is 345 g/mol. The van der Waals surface area contributed by atoms with Gasteiger partial charge in [0.2, 0.25) is 5.91 Å². The van der Waals surface area contributed by atoms with Crippen LogP contribution in [0.4, 0.5) is 0 Å². The first-order valence-electron chi connectivity index (χ1n) is 9.47. The van der Waals surface area contributed by atoms with E-state index >= 15 is 0 Å². The Kier molecular flexibility index (Phi) is 5.12. The number of ether oxygens (including phenoxy) is 1. The van der Waals surface area contributed by atoms with E-state index in [1.807, 2.05) is 0 Å². The summed E-state index contributed by atoms with van der Waals surface area (Å²) in [6, 6.07) is 0.448. The molecule has 0 spiro atoms. The Hall–Kier alpha value is -1.73. The summed E-state index contributed by atoms with van der Waals surface area (Å²) in [4.78, 5) is 21.3. The van der Waals surface area contributed by atoms with E-state index in [1.54, 1.807) is 11.0 Å². The van der Waals surface area contributed by atoms with Crippen molar-refractivity contribution < 1.29 is 9.53 Å². The van der Waals surface area contributed by atoms with E-state index in [2.05, 4.69) is 26.0 Å². The van der Waals surface area contributed by atoms with Crippen LogP contribution in [0.3, 0.4) is 0 Å². The monoisotopic (exact) mass is 345 g/mol. The van der Waals surface area contributed by atoms with Crippen molar-refractivity contribution in [2.75, 3.05) is 26.2 Å². The highest BCUT2D eigenvalue weighted by Gasteiger charge is 2.36. The van der Waals surface area contributed by atoms with Gasteiger partial charge in [-0.05, 0) is 38.5 Å². The molecule has 1 amide bonds. The van der Waals surface area contributed by atoms with E-state index < -0.39 is 0 Å². The van der Waals surface area contributed by atoms with Gasteiger partial charge in [-0.2, -0.15) is 5.10 Å². The SMILES string of the molecule is O=C(CN1CCOC(Cn2cncn2)C1)N(C1=CCCCC1)C1CC1. The molecule has 2 aliphatic carbocycles. The van der Waals surface area contributed by atoms with Gasteiger partial charge >= 0.3 is 0 Å². The molecule has 1 atom stereocenters. The lowest BCUT2D eigenvalue weighted by Crippen LogP contribution is -2.49. The van der Waals surface area contributed by atoms with E-state index in [0.717, 1.165) is 38.8 Å². The quantitative estimate of drug-likeness (QED) is 0.780. The van der Waals surface area contributed by atoms with Gasteiger partial charge in [0.05, 0.1) is 25.8 Å². The van der Waals surface area contributed by atoms with E-state index in [0.29, 0.717) is 25.7 Å². The number of allylic oxidation sites excluding steroid dienone is 2. The standard InChI is InChI=1S/C18H27N5O2/c24-18(23(16-6-7-16)15-4-2-1-3-5-15)12-21-8-9-25-17(10-21)11-22-14-19-13-20-22/h4,13-14,16-17H,1-3,5-12H2. The van der Waals surface area contributed by atoms with Crippen LogP contribution in [-0.2, 0) is 16.1 Å². The average Bonchev–Trinajstić information content (AvgIpc) is 3.32. The minimum absolute atomic E-state index is 0.0616. The Morgan fingerprint density at radius 2 is 2.28 bits per heavy atom. The van der Waals surface area contributed by atoms with Gasteiger partial charge in [-0.25, -0.2) is 4.98 Å². The van der Waals surface area contributed by atoms with E-state index in [9.17, 15) is 4.79 Å². The number of aromatic nitrogens is 3. The predicted molar refractivity (Wildman–Crippen MR) is 92.6 cm³/mol. The van der Waals surface area contributed by atoms with Gasteiger partial charge in [0, 0.05) is 24.8 Å². The molecular weight excluding hydrogens is 318 g/mol. The highest BCUT2D eigenvalue weighted by Crippen LogP contribution is 2.33. The fourth-order valence-electron chi connectivity index (χ4n) is 3.81. The first-order valence-corrected chi connectivity index (χ1v) is 9.47. The fraction of sp³-hybridized carbons (Fsp3) is 0.722. The Balaban J connectivity index is 1.35. The van der Waals surface area contributed by atoms with Crippen LogP contribution >= 0.6 is 0 Å². The molecule has 7 nitrogen and oxygen atoms in total. The zero-order chi connectivity index (χ0) is 17.1. The predicted octanol–water partition coefficient (Wildman–Crippen LogP) is 1.43. The van der Waals surface area contributed by atoms with Crippen molar-refractivity contribution >= 4 is 5.91 Å². The molecule has 4 rings (SSSR count). The molecule has 1 aromatic rings. The van der Waals surface area contributed by atoms with Crippen molar-refractivity contribution in [1.82, 2.24) is 24.6 Å². The number of carbonyl (C=O) groups excluding carboxylic acids is 1. The van der Waals surface area contributed by atoms with Gasteiger partial charge < -0.3 is 9.64 Å². The Morgan fingerprint density at radius 3 is 3.00 bits per heavy atom. The third-order valence-corrected chi connectivity index (χ3v) is 5.20. The van der Waals surface area contributed by atoms with E-state index in [4.69, 9.17) is 4.74 Å². The molecule has 1 aromatic heterocycles. The Morgan fingerprint density at radius 1 is 1.36 bits per heavy atom. The number of hydrogen-bond donors (Lipinski definition) is 0. The maximum atomic E-state index is 13.0. The summed E-state index contributed by atoms with van der Waals surface area (Å²) in [6.45, 7) is 3.42. The summed E-state index contributed by atoms with van der Waals surface area (Å²) >= 11 is 0. The number of morpholine rings is 1. The second kappa shape index (κ2) is 7.66. The summed E-state index contributed by atoms with van der Waals surface area (Å²) in [5.74, 6) is 0.261. The number of carbonyl (C=O) groups is 1. The summed E-state index contributed by atoms with van der Waals surface area (Å²) in [6.07, 6.45) is 12.5. The summed E-state index contributed by atoms with van der Waals surface area (Å²) in [7, 11) is 0. The molecule has 1 saturated carbocycles. The third kappa shape index (κ3) is 4.27. The van der Waals surface area contributed by atoms with E-state index in [-0.39, 0.29) is 12.0 Å². The first kappa shape index (κ1) is 16.7. The van der Waals surface area contributed by atoms with Crippen LogP contribution < -0.4 is 0 Å². The molecule has 1 aliphatic heterocycles. The molecular formula is C18H27N5O2. The summed E-state index contributed by atoms with van der Waals surface area (Å²) in [5, 5.41) is 4.14. The number of amides is 1. The van der Waals surface area contributed by atoms with Crippen molar-refractivity contribution in [2.24, 2.45) is 0 Å². The smallest absolute Gasteiger partial charge is 0.241 e. The van der Waals surface area contributed by atoms with Crippen LogP contribution in [-0.4, -0.2) is 68.9 Å². The molecule has 136 valence electrons. The largest absolute Gasteiger partial charge is 0.374 e. The normalized spacial score (nSPS) is 24.8. The minimum Gasteiger partial charge on any atom is -0.374 e. The van der Waals surface area contributed by atoms with Crippen molar-refractivity contribution in [1.29, 1.82) is 0 Å². The van der Waals surface area contributed by atoms with Gasteiger partial charge in [0.15, 0.2) is 0 Å². The Labute approximate surface area is 148 Å². The molecule has 25 heavy (non-hydrogen) atoms. The van der Waals surface area contributed by atoms with Gasteiger partial charge in [-0.15, -0.1) is 0 Å². The van der Waals surface area contributed by atoms with Crippen LogP contribution in [0.1, 0.15) is 38.5 Å². The minimum atomic E-state index is 0.0616. The number of nitrogens with zero attached hydrogens (tertiary/aromatic N) is 5. The lowest BCUT2D eigenvalue weighted by Gasteiger charge is -2.35. The van der Waals surface area contributed by atoms with Crippen molar-refractivity contribution in [3.63, 3.8) is 0 Å². The zero-order valence-electron chi connectivity index (χ0n) is 14.7. The number of hydrogen-bond acceptors (Lipinski definition) is 5. The highest BCUT2D eigenvalue weighted by molar-refractivity contribution is 5.80. The van der Waals surface area contributed by atoms with Crippen LogP contribution in [0.2, 0.25) is 0 Å². The molecule has 0 radical (unpaired) electrons. The zero-order valence-corrected chi connectivity index (χ0v) is 14.7. The second-order valence-electron chi connectivity index (χ2n) is 7.28. The van der Waals surface area contributed by atoms with Crippen molar-refractivity contribution in [2.45, 2.75) is 57.2 Å². The molecule has 1 unspecified atom stereocenters. The molecule has 0 bridgehead atoms. The summed E-state index contributed by atoms with van der Waals surface area (Å²) < 4.78 is 7.62. The van der Waals surface area contributed by atoms with Crippen LogP contribution in [0, 0.1) is 0 Å². The molecule has 7 heteroatoms. The highest BCUT2D eigenvalue weighted by atomic mass is 16.5. The maximum Gasteiger partial charge on any atom is 0.241 e. The lowest BCUT2D eigenvalue weighted by molar-refractivity contribution is -0.133.